The Morgan fingerprint density at radius 1 is 0.159 bits per heavy atom. The van der Waals surface area contributed by atoms with E-state index < -0.39 is 186 Å². The summed E-state index contributed by atoms with van der Waals surface area (Å²) < 4.78 is 773. The molecule has 0 aliphatic carbocycles. The fourth-order valence-corrected chi connectivity index (χ4v) is 11.0. The van der Waals surface area contributed by atoms with Crippen molar-refractivity contribution in [3.05, 3.63) is 0 Å². The standard InChI is InChI=1S/3C8HF17O3S.Al/c3*9-1(10,3(13,14)5(17,18)7(21,22)23)2(11,12)4(15,16)6(19,20)8(24,25)29(26,27)28;/h3*(H,26,27,28);/q;;;+3/p-3. The lowest BCUT2D eigenvalue weighted by Crippen LogP contribution is -2.75. The average Bonchev–Trinajstić information content (AvgIpc) is 3.25. The molecule has 64 heteroatoms. The quantitative estimate of drug-likeness (QED) is 0.0583. The third-order valence-electron chi connectivity index (χ3n) is 9.64. The molecule has 0 bridgehead atoms. The van der Waals surface area contributed by atoms with E-state index in [1.54, 1.807) is 0 Å². The zero-order valence-corrected chi connectivity index (χ0v) is 40.4. The molecular formula is C24AlF51O9S3. The van der Waals surface area contributed by atoms with Crippen LogP contribution in [0.5, 0.6) is 0 Å². The molecule has 0 saturated carbocycles. The first kappa shape index (κ1) is 84.7. The summed E-state index contributed by atoms with van der Waals surface area (Å²) in [4.78, 5) is 0. The Labute approximate surface area is 445 Å². The predicted molar refractivity (Wildman–Crippen MR) is 158 cm³/mol. The Bertz CT molecular complexity index is 2600. The van der Waals surface area contributed by atoms with Crippen LogP contribution in [0.1, 0.15) is 0 Å². The van der Waals surface area contributed by atoms with Gasteiger partial charge in [0.05, 0.1) is 0 Å². The summed E-state index contributed by atoms with van der Waals surface area (Å²) in [6.07, 6.45) is -26.1. The van der Waals surface area contributed by atoms with Crippen LogP contribution in [0.25, 0.3) is 0 Å². The molecule has 0 aromatic carbocycles. The van der Waals surface area contributed by atoms with E-state index in [9.17, 15) is 249 Å². The molecule has 0 radical (unpaired) electrons. The third kappa shape index (κ3) is 10.6. The number of rotatable bonds is 27. The molecule has 0 saturated heterocycles. The second-order valence-electron chi connectivity index (χ2n) is 15.3. The van der Waals surface area contributed by atoms with Gasteiger partial charge in [-0.2, -0.15) is 249 Å². The number of hydrogen-bond acceptors (Lipinski definition) is 9. The molecule has 0 fully saturated rings. The lowest BCUT2D eigenvalue weighted by molar-refractivity contribution is -0.458. The van der Waals surface area contributed by atoms with Gasteiger partial charge in [-0.3, -0.25) is 0 Å². The molecule has 0 heterocycles. The van der Waals surface area contributed by atoms with Crippen molar-refractivity contribution in [1.29, 1.82) is 0 Å². The topological polar surface area (TPSA) is 130 Å². The number of hydrogen-bond donors (Lipinski definition) is 0. The van der Waals surface area contributed by atoms with Crippen LogP contribution >= 0.6 is 0 Å². The fraction of sp³-hybridized carbons (Fsp3) is 1.00. The van der Waals surface area contributed by atoms with Gasteiger partial charge < -0.3 is 9.70 Å². The van der Waals surface area contributed by atoms with Gasteiger partial charge in [0.15, 0.2) is 0 Å². The normalized spacial score (nSPS) is 17.2. The van der Waals surface area contributed by atoms with E-state index in [1.807, 2.05) is 0 Å². The number of alkyl halides is 51. The lowest BCUT2D eigenvalue weighted by Gasteiger charge is -2.42. The summed E-state index contributed by atoms with van der Waals surface area (Å²) >= 11 is -10.2. The first-order chi connectivity index (χ1) is 36.8. The van der Waals surface area contributed by atoms with Crippen molar-refractivity contribution in [3.8, 4) is 0 Å². The Balaban J connectivity index is 9.14. The van der Waals surface area contributed by atoms with Gasteiger partial charge in [-0.05, 0) is 0 Å². The van der Waals surface area contributed by atoms with Gasteiger partial charge in [0.1, 0.15) is 0 Å². The summed E-state index contributed by atoms with van der Waals surface area (Å²) in [6.45, 7) is 0. The molecule has 0 aromatic heterocycles. The molecule has 0 aliphatic rings. The Morgan fingerprint density at radius 2 is 0.250 bits per heavy atom. The van der Waals surface area contributed by atoms with Crippen LogP contribution in [0.2, 0.25) is 0 Å². The largest absolute Gasteiger partial charge is 0.951 e. The van der Waals surface area contributed by atoms with Crippen LogP contribution in [0.4, 0.5) is 224 Å². The molecule has 528 valence electrons. The van der Waals surface area contributed by atoms with Gasteiger partial charge in [-0.25, -0.2) is 0 Å². The monoisotopic (exact) mass is 1520 g/mol. The van der Waals surface area contributed by atoms with E-state index in [-0.39, 0.29) is 0 Å². The van der Waals surface area contributed by atoms with Gasteiger partial charge in [0.2, 0.25) is 0 Å². The maximum Gasteiger partial charge on any atom is 0.951 e. The Morgan fingerprint density at radius 3 is 0.352 bits per heavy atom. The molecule has 0 amide bonds. The lowest BCUT2D eigenvalue weighted by atomic mass is 9.91. The summed E-state index contributed by atoms with van der Waals surface area (Å²) in [5, 5.41) is -30.2. The summed E-state index contributed by atoms with van der Waals surface area (Å²) in [5.74, 6) is -180. The van der Waals surface area contributed by atoms with Crippen LogP contribution in [-0.4, -0.2) is 181 Å². The average molecular weight is 1520 g/mol. The smallest absolute Gasteiger partial charge is 0.337 e. The van der Waals surface area contributed by atoms with Crippen molar-refractivity contribution in [1.82, 2.24) is 0 Å². The van der Waals surface area contributed by atoms with Gasteiger partial charge in [-0.1, -0.05) is 0 Å². The maximum atomic E-state index is 14.7. The van der Waals surface area contributed by atoms with Crippen molar-refractivity contribution >= 4 is 45.5 Å². The predicted octanol–water partition coefficient (Wildman–Crippen LogP) is 13.9. The van der Waals surface area contributed by atoms with Gasteiger partial charge in [0.25, 0.3) is 0 Å². The SMILES string of the molecule is O=S(=O)([O][Al]([O]S(=O)(=O)C(F)(F)C(F)(F)C(F)(F)C(F)(F)C(F)(F)C(F)(F)C(F)(F)C(F)(F)F)[O]S(=O)(=O)C(F)(F)C(F)(F)C(F)(F)C(F)(F)C(F)(F)C(F)(F)C(F)(F)C(F)(F)F)C(F)(F)C(F)(F)C(F)(F)C(F)(F)C(F)(F)C(F)(F)C(F)(F)C(F)(F)F. The van der Waals surface area contributed by atoms with Crippen LogP contribution in [0, 0.1) is 0 Å². The molecule has 0 N–H and O–H groups in total. The summed E-state index contributed by atoms with van der Waals surface area (Å²) in [5.41, 5.74) is 0. The van der Waals surface area contributed by atoms with Crippen LogP contribution < -0.4 is 0 Å². The minimum Gasteiger partial charge on any atom is -0.337 e. The molecule has 0 rings (SSSR count). The van der Waals surface area contributed by atoms with E-state index >= 15 is 0 Å². The molecular weight excluding hydrogens is 1520 g/mol. The molecule has 0 unspecified atom stereocenters. The first-order valence-electron chi connectivity index (χ1n) is 17.7. The molecule has 0 atom stereocenters. The van der Waals surface area contributed by atoms with E-state index in [2.05, 4.69) is 0 Å². The molecule has 0 aromatic rings. The first-order valence-corrected chi connectivity index (χ1v) is 23.3. The van der Waals surface area contributed by atoms with Crippen LogP contribution in [-0.2, 0) is 40.1 Å². The van der Waals surface area contributed by atoms with E-state index in [0.29, 0.717) is 0 Å². The second kappa shape index (κ2) is 21.1. The Hall–Kier alpha value is -3.31. The van der Waals surface area contributed by atoms with Crippen LogP contribution in [0.15, 0.2) is 0 Å². The molecule has 0 aliphatic heterocycles. The van der Waals surface area contributed by atoms with E-state index in [0.717, 1.165) is 0 Å². The Kier molecular flexibility index (Phi) is 20.3. The highest BCUT2D eigenvalue weighted by Gasteiger charge is 3.00. The zero-order valence-electron chi connectivity index (χ0n) is 36.8. The highest BCUT2D eigenvalue weighted by atomic mass is 32.2. The van der Waals surface area contributed by atoms with Crippen molar-refractivity contribution in [2.75, 3.05) is 0 Å². The van der Waals surface area contributed by atoms with Crippen molar-refractivity contribution in [2.45, 2.75) is 141 Å². The van der Waals surface area contributed by atoms with Crippen molar-refractivity contribution in [3.63, 3.8) is 0 Å². The third-order valence-corrected chi connectivity index (χ3v) is 17.2. The fourth-order valence-electron chi connectivity index (χ4n) is 4.46. The van der Waals surface area contributed by atoms with Gasteiger partial charge >= 0.3 is 186 Å². The number of halogens is 51. The van der Waals surface area contributed by atoms with E-state index in [1.165, 1.54) is 9.70 Å². The van der Waals surface area contributed by atoms with Crippen LogP contribution in [0.3, 0.4) is 0 Å². The van der Waals surface area contributed by atoms with Crippen molar-refractivity contribution < 1.29 is 259 Å². The van der Waals surface area contributed by atoms with Gasteiger partial charge in [0, 0.05) is 0 Å². The summed E-state index contributed by atoms with van der Waals surface area (Å²) in [6, 6.07) is 0. The second-order valence-corrected chi connectivity index (χ2v) is 22.5. The molecule has 9 nitrogen and oxygen atoms in total. The molecule has 0 spiro atoms. The highest BCUT2D eigenvalue weighted by molar-refractivity contribution is 7.91. The minimum atomic E-state index is -10.8. The molecule has 88 heavy (non-hydrogen) atoms. The highest BCUT2D eigenvalue weighted by Crippen LogP contribution is 2.69. The van der Waals surface area contributed by atoms with E-state index in [4.69, 9.17) is 0 Å². The summed E-state index contributed by atoms with van der Waals surface area (Å²) in [7, 11) is -32.4. The minimum absolute atomic E-state index is 1.33. The maximum absolute atomic E-state index is 14.7. The van der Waals surface area contributed by atoms with Gasteiger partial charge in [-0.15, -0.1) is 0 Å². The van der Waals surface area contributed by atoms with Crippen molar-refractivity contribution in [2.24, 2.45) is 0 Å². The zero-order chi connectivity index (χ0) is 73.2.